The molecule has 0 saturated carbocycles. The van der Waals surface area contributed by atoms with Crippen LogP contribution in [-0.4, -0.2) is 5.78 Å². The number of hydrogen-bond donors (Lipinski definition) is 0. The van der Waals surface area contributed by atoms with Crippen molar-refractivity contribution in [1.29, 1.82) is 0 Å². The fraction of sp³-hybridized carbons (Fsp3) is 0.300. The van der Waals surface area contributed by atoms with Gasteiger partial charge in [-0.25, -0.2) is 4.39 Å². The lowest BCUT2D eigenvalue weighted by Gasteiger charge is -2.00. The van der Waals surface area contributed by atoms with Gasteiger partial charge in [0, 0.05) is 6.42 Å². The molecule has 0 bridgehead atoms. The molecule has 64 valence electrons. The van der Waals surface area contributed by atoms with Crippen LogP contribution in [0.2, 0.25) is 0 Å². The van der Waals surface area contributed by atoms with Crippen molar-refractivity contribution in [2.24, 2.45) is 0 Å². The van der Waals surface area contributed by atoms with E-state index in [2.05, 4.69) is 0 Å². The van der Waals surface area contributed by atoms with E-state index in [1.165, 1.54) is 13.0 Å². The van der Waals surface area contributed by atoms with Crippen LogP contribution in [0.3, 0.4) is 0 Å². The van der Waals surface area contributed by atoms with Gasteiger partial charge in [0.1, 0.15) is 11.6 Å². The molecule has 1 aromatic rings. The summed E-state index contributed by atoms with van der Waals surface area (Å²) in [6.45, 7) is 3.22. The molecule has 0 radical (unpaired) electrons. The van der Waals surface area contributed by atoms with Gasteiger partial charge in [0.15, 0.2) is 0 Å². The number of Topliss-reactive ketones (excluding diaryl/α,β-unsaturated/α-hetero) is 1. The molecule has 0 aliphatic heterocycles. The first-order chi connectivity index (χ1) is 5.59. The average molecular weight is 166 g/mol. The molecule has 0 spiro atoms. The Bertz CT molecular complexity index is 305. The maximum absolute atomic E-state index is 12.8. The van der Waals surface area contributed by atoms with E-state index in [-0.39, 0.29) is 11.6 Å². The zero-order valence-corrected chi connectivity index (χ0v) is 7.23. The monoisotopic (exact) mass is 166 g/mol. The van der Waals surface area contributed by atoms with Gasteiger partial charge in [-0.05, 0) is 31.0 Å². The third-order valence-corrected chi connectivity index (χ3v) is 1.68. The van der Waals surface area contributed by atoms with E-state index >= 15 is 0 Å². The molecular weight excluding hydrogens is 155 g/mol. The number of rotatable bonds is 2. The van der Waals surface area contributed by atoms with Gasteiger partial charge >= 0.3 is 0 Å². The van der Waals surface area contributed by atoms with Crippen molar-refractivity contribution < 1.29 is 9.18 Å². The van der Waals surface area contributed by atoms with Crippen LogP contribution in [0, 0.1) is 12.7 Å². The number of benzene rings is 1. The summed E-state index contributed by atoms with van der Waals surface area (Å²) in [5, 5.41) is 0. The van der Waals surface area contributed by atoms with Gasteiger partial charge in [0.2, 0.25) is 0 Å². The Kier molecular flexibility index (Phi) is 2.58. The normalized spacial score (nSPS) is 9.92. The van der Waals surface area contributed by atoms with Crippen molar-refractivity contribution in [2.75, 3.05) is 0 Å². The molecule has 1 rings (SSSR count). The molecule has 0 saturated heterocycles. The van der Waals surface area contributed by atoms with Gasteiger partial charge in [-0.2, -0.15) is 0 Å². The van der Waals surface area contributed by atoms with Gasteiger partial charge in [0.05, 0.1) is 0 Å². The van der Waals surface area contributed by atoms with Crippen LogP contribution in [0.4, 0.5) is 4.39 Å². The van der Waals surface area contributed by atoms with Crippen LogP contribution in [0.15, 0.2) is 18.2 Å². The summed E-state index contributed by atoms with van der Waals surface area (Å²) in [5.41, 5.74) is 1.47. The van der Waals surface area contributed by atoms with E-state index in [1.54, 1.807) is 19.1 Å². The first-order valence-corrected chi connectivity index (χ1v) is 3.84. The second-order valence-electron chi connectivity index (χ2n) is 2.96. The summed E-state index contributed by atoms with van der Waals surface area (Å²) in [4.78, 5) is 10.7. The standard InChI is InChI=1S/C10H11FO/c1-7-5-9(6-8(2)12)3-4-10(7)11/h3-5H,6H2,1-2H3. The molecule has 0 unspecified atom stereocenters. The molecule has 0 aliphatic rings. The zero-order chi connectivity index (χ0) is 9.14. The van der Waals surface area contributed by atoms with E-state index in [0.717, 1.165) is 5.56 Å². The number of halogens is 1. The summed E-state index contributed by atoms with van der Waals surface area (Å²) >= 11 is 0. The Labute approximate surface area is 71.2 Å². The molecule has 1 aromatic carbocycles. The summed E-state index contributed by atoms with van der Waals surface area (Å²) in [7, 11) is 0. The van der Waals surface area contributed by atoms with Crippen LogP contribution < -0.4 is 0 Å². The summed E-state index contributed by atoms with van der Waals surface area (Å²) < 4.78 is 12.8. The molecule has 0 heterocycles. The highest BCUT2D eigenvalue weighted by Gasteiger charge is 2.00. The highest BCUT2D eigenvalue weighted by Crippen LogP contribution is 2.09. The van der Waals surface area contributed by atoms with E-state index in [9.17, 15) is 9.18 Å². The Morgan fingerprint density at radius 2 is 2.17 bits per heavy atom. The largest absolute Gasteiger partial charge is 0.300 e. The lowest BCUT2D eigenvalue weighted by molar-refractivity contribution is -0.116. The van der Waals surface area contributed by atoms with E-state index in [4.69, 9.17) is 0 Å². The third-order valence-electron chi connectivity index (χ3n) is 1.68. The van der Waals surface area contributed by atoms with Gasteiger partial charge in [0.25, 0.3) is 0 Å². The first kappa shape index (κ1) is 8.91. The van der Waals surface area contributed by atoms with Gasteiger partial charge in [-0.1, -0.05) is 12.1 Å². The molecule has 0 aromatic heterocycles. The van der Waals surface area contributed by atoms with Crippen LogP contribution in [0.5, 0.6) is 0 Å². The fourth-order valence-electron chi connectivity index (χ4n) is 1.10. The minimum atomic E-state index is -0.220. The maximum Gasteiger partial charge on any atom is 0.134 e. The van der Waals surface area contributed by atoms with Crippen LogP contribution >= 0.6 is 0 Å². The topological polar surface area (TPSA) is 17.1 Å². The van der Waals surface area contributed by atoms with Crippen LogP contribution in [0.1, 0.15) is 18.1 Å². The van der Waals surface area contributed by atoms with E-state index in [0.29, 0.717) is 12.0 Å². The number of hydrogen-bond acceptors (Lipinski definition) is 1. The van der Waals surface area contributed by atoms with Gasteiger partial charge in [-0.3, -0.25) is 4.79 Å². The molecule has 1 nitrogen and oxygen atoms in total. The second kappa shape index (κ2) is 3.48. The maximum atomic E-state index is 12.8. The Hall–Kier alpha value is -1.18. The molecule has 12 heavy (non-hydrogen) atoms. The summed E-state index contributed by atoms with van der Waals surface area (Å²) in [5.74, 6) is -0.122. The molecule has 0 atom stereocenters. The van der Waals surface area contributed by atoms with Gasteiger partial charge < -0.3 is 0 Å². The van der Waals surface area contributed by atoms with Crippen LogP contribution in [-0.2, 0) is 11.2 Å². The van der Waals surface area contributed by atoms with Crippen molar-refractivity contribution >= 4 is 5.78 Å². The molecule has 0 fully saturated rings. The SMILES string of the molecule is CC(=O)Cc1ccc(F)c(C)c1. The van der Waals surface area contributed by atoms with Crippen molar-refractivity contribution in [2.45, 2.75) is 20.3 Å². The lowest BCUT2D eigenvalue weighted by atomic mass is 10.1. The molecule has 2 heteroatoms. The van der Waals surface area contributed by atoms with E-state index < -0.39 is 0 Å². The van der Waals surface area contributed by atoms with E-state index in [1.807, 2.05) is 0 Å². The van der Waals surface area contributed by atoms with Crippen molar-refractivity contribution in [1.82, 2.24) is 0 Å². The molecule has 0 amide bonds. The van der Waals surface area contributed by atoms with Gasteiger partial charge in [-0.15, -0.1) is 0 Å². The molecule has 0 N–H and O–H groups in total. The predicted molar refractivity (Wildman–Crippen MR) is 45.5 cm³/mol. The summed E-state index contributed by atoms with van der Waals surface area (Å²) in [6, 6.07) is 4.74. The number of carbonyl (C=O) groups excluding carboxylic acids is 1. The zero-order valence-electron chi connectivity index (χ0n) is 7.23. The molecule has 0 aliphatic carbocycles. The fourth-order valence-corrected chi connectivity index (χ4v) is 1.10. The minimum Gasteiger partial charge on any atom is -0.300 e. The highest BCUT2D eigenvalue weighted by molar-refractivity contribution is 5.78. The molecular formula is C10H11FO. The van der Waals surface area contributed by atoms with Crippen molar-refractivity contribution in [3.63, 3.8) is 0 Å². The third kappa shape index (κ3) is 2.16. The summed E-state index contributed by atoms with van der Waals surface area (Å²) in [6.07, 6.45) is 0.390. The Morgan fingerprint density at radius 1 is 1.50 bits per heavy atom. The second-order valence-corrected chi connectivity index (χ2v) is 2.96. The first-order valence-electron chi connectivity index (χ1n) is 3.84. The number of ketones is 1. The van der Waals surface area contributed by atoms with Crippen molar-refractivity contribution in [3.8, 4) is 0 Å². The average Bonchev–Trinajstić information content (AvgIpc) is 1.96. The quantitative estimate of drug-likeness (QED) is 0.658. The van der Waals surface area contributed by atoms with Crippen LogP contribution in [0.25, 0.3) is 0 Å². The Balaban J connectivity index is 2.89. The lowest BCUT2D eigenvalue weighted by Crippen LogP contribution is -1.97. The Morgan fingerprint density at radius 3 is 2.67 bits per heavy atom. The predicted octanol–water partition coefficient (Wildman–Crippen LogP) is 2.27. The number of aryl methyl sites for hydroxylation is 1. The smallest absolute Gasteiger partial charge is 0.134 e. The number of carbonyl (C=O) groups is 1. The minimum absolute atomic E-state index is 0.0982. The van der Waals surface area contributed by atoms with Crippen molar-refractivity contribution in [3.05, 3.63) is 35.1 Å². The highest BCUT2D eigenvalue weighted by atomic mass is 19.1.